The number of rotatable bonds is 9. The number of carbonyl (C=O) groups is 2. The van der Waals surface area contributed by atoms with Gasteiger partial charge in [0, 0.05) is 19.2 Å². The summed E-state index contributed by atoms with van der Waals surface area (Å²) >= 11 is 0. The molecule has 6 heteroatoms. The quantitative estimate of drug-likeness (QED) is 0.545. The Kier molecular flexibility index (Phi) is 7.14. The minimum Gasteiger partial charge on any atom is -0.484 e. The van der Waals surface area contributed by atoms with Crippen LogP contribution in [0.25, 0.3) is 6.08 Å². The molecule has 0 saturated carbocycles. The molecule has 0 bridgehead atoms. The van der Waals surface area contributed by atoms with Crippen LogP contribution in [0.5, 0.6) is 5.75 Å². The Bertz CT molecular complexity index is 651. The van der Waals surface area contributed by atoms with Gasteiger partial charge in [0.05, 0.1) is 6.26 Å². The molecule has 0 aliphatic carbocycles. The predicted octanol–water partition coefficient (Wildman–Crippen LogP) is 1.99. The normalized spacial score (nSPS) is 10.5. The SMILES string of the molecule is O=C(/C=C/c1ccco1)NCCCNC(=O)COc1ccccc1. The molecule has 0 radical (unpaired) electrons. The number of hydrogen-bond acceptors (Lipinski definition) is 4. The van der Waals surface area contributed by atoms with Crippen molar-refractivity contribution in [1.82, 2.24) is 10.6 Å². The Morgan fingerprint density at radius 1 is 1.04 bits per heavy atom. The van der Waals surface area contributed by atoms with Gasteiger partial charge in [-0.05, 0) is 36.8 Å². The second-order valence-corrected chi connectivity index (χ2v) is 4.95. The molecule has 0 unspecified atom stereocenters. The lowest BCUT2D eigenvalue weighted by Gasteiger charge is -2.07. The van der Waals surface area contributed by atoms with E-state index in [1.807, 2.05) is 18.2 Å². The van der Waals surface area contributed by atoms with Crippen molar-refractivity contribution in [2.45, 2.75) is 6.42 Å². The molecule has 0 aliphatic heterocycles. The third-order valence-corrected chi connectivity index (χ3v) is 3.03. The van der Waals surface area contributed by atoms with Crippen LogP contribution in [0.3, 0.4) is 0 Å². The number of furan rings is 1. The first-order valence-corrected chi connectivity index (χ1v) is 7.68. The second kappa shape index (κ2) is 9.89. The number of para-hydroxylation sites is 1. The molecule has 2 amide bonds. The van der Waals surface area contributed by atoms with Crippen LogP contribution >= 0.6 is 0 Å². The van der Waals surface area contributed by atoms with E-state index >= 15 is 0 Å². The van der Waals surface area contributed by atoms with Crippen LogP contribution in [0, 0.1) is 0 Å². The van der Waals surface area contributed by atoms with Gasteiger partial charge in [-0.1, -0.05) is 18.2 Å². The van der Waals surface area contributed by atoms with Crippen molar-refractivity contribution in [2.24, 2.45) is 0 Å². The highest BCUT2D eigenvalue weighted by atomic mass is 16.5. The number of benzene rings is 1. The Balaban J connectivity index is 1.51. The average molecular weight is 328 g/mol. The van der Waals surface area contributed by atoms with Gasteiger partial charge < -0.3 is 19.8 Å². The van der Waals surface area contributed by atoms with E-state index in [1.165, 1.54) is 6.08 Å². The predicted molar refractivity (Wildman–Crippen MR) is 90.3 cm³/mol. The smallest absolute Gasteiger partial charge is 0.257 e. The average Bonchev–Trinajstić information content (AvgIpc) is 3.12. The highest BCUT2D eigenvalue weighted by Gasteiger charge is 2.02. The van der Waals surface area contributed by atoms with Gasteiger partial charge in [0.15, 0.2) is 6.61 Å². The maximum Gasteiger partial charge on any atom is 0.257 e. The summed E-state index contributed by atoms with van der Waals surface area (Å²) in [6.07, 6.45) is 5.18. The molecule has 0 saturated heterocycles. The van der Waals surface area contributed by atoms with Crippen LogP contribution in [0.2, 0.25) is 0 Å². The summed E-state index contributed by atoms with van der Waals surface area (Å²) in [5.74, 6) is 0.882. The Morgan fingerprint density at radius 2 is 1.83 bits per heavy atom. The zero-order valence-electron chi connectivity index (χ0n) is 13.2. The van der Waals surface area contributed by atoms with E-state index < -0.39 is 0 Å². The van der Waals surface area contributed by atoms with Gasteiger partial charge in [-0.2, -0.15) is 0 Å². The minimum atomic E-state index is -0.204. The number of ether oxygens (including phenoxy) is 1. The third kappa shape index (κ3) is 6.83. The maximum atomic E-state index is 11.6. The molecular formula is C18H20N2O4. The van der Waals surface area contributed by atoms with Crippen LogP contribution in [-0.2, 0) is 9.59 Å². The molecule has 0 atom stereocenters. The Hall–Kier alpha value is -3.02. The fraction of sp³-hybridized carbons (Fsp3) is 0.222. The summed E-state index contributed by atoms with van der Waals surface area (Å²) in [4.78, 5) is 23.1. The van der Waals surface area contributed by atoms with E-state index in [4.69, 9.17) is 9.15 Å². The summed E-state index contributed by atoms with van der Waals surface area (Å²) in [6, 6.07) is 12.7. The van der Waals surface area contributed by atoms with Crippen molar-refractivity contribution in [1.29, 1.82) is 0 Å². The van der Waals surface area contributed by atoms with Crippen LogP contribution in [-0.4, -0.2) is 31.5 Å². The number of nitrogens with one attached hydrogen (secondary N) is 2. The van der Waals surface area contributed by atoms with Crippen molar-refractivity contribution in [2.75, 3.05) is 19.7 Å². The van der Waals surface area contributed by atoms with E-state index in [0.717, 1.165) is 0 Å². The van der Waals surface area contributed by atoms with Crippen molar-refractivity contribution in [3.05, 3.63) is 60.6 Å². The van der Waals surface area contributed by atoms with Gasteiger partial charge in [-0.25, -0.2) is 0 Å². The molecule has 6 nitrogen and oxygen atoms in total. The lowest BCUT2D eigenvalue weighted by atomic mass is 10.3. The standard InChI is InChI=1S/C18H20N2O4/c21-17(10-9-16-8-4-13-23-16)19-11-5-12-20-18(22)14-24-15-6-2-1-3-7-15/h1-4,6-10,13H,5,11-12,14H2,(H,19,21)(H,20,22)/b10-9+. The number of carbonyl (C=O) groups excluding carboxylic acids is 2. The molecule has 1 heterocycles. The van der Waals surface area contributed by atoms with Crippen molar-refractivity contribution >= 4 is 17.9 Å². The van der Waals surface area contributed by atoms with E-state index in [9.17, 15) is 9.59 Å². The molecule has 0 fully saturated rings. The first-order valence-electron chi connectivity index (χ1n) is 7.68. The topological polar surface area (TPSA) is 80.6 Å². The molecule has 2 N–H and O–H groups in total. The lowest BCUT2D eigenvalue weighted by molar-refractivity contribution is -0.123. The van der Waals surface area contributed by atoms with E-state index in [0.29, 0.717) is 31.0 Å². The largest absolute Gasteiger partial charge is 0.484 e. The monoisotopic (exact) mass is 328 g/mol. The highest BCUT2D eigenvalue weighted by Crippen LogP contribution is 2.07. The fourth-order valence-electron chi connectivity index (χ4n) is 1.85. The van der Waals surface area contributed by atoms with Crippen molar-refractivity contribution in [3.63, 3.8) is 0 Å². The van der Waals surface area contributed by atoms with E-state index in [-0.39, 0.29) is 18.4 Å². The van der Waals surface area contributed by atoms with Gasteiger partial charge in [0.25, 0.3) is 5.91 Å². The van der Waals surface area contributed by atoms with Crippen molar-refractivity contribution < 1.29 is 18.7 Å². The number of amides is 2. The zero-order valence-corrected chi connectivity index (χ0v) is 13.2. The molecule has 1 aromatic carbocycles. The Labute approximate surface area is 140 Å². The van der Waals surface area contributed by atoms with E-state index in [2.05, 4.69) is 10.6 Å². The maximum absolute atomic E-state index is 11.6. The van der Waals surface area contributed by atoms with Gasteiger partial charge in [0.1, 0.15) is 11.5 Å². The van der Waals surface area contributed by atoms with Crippen molar-refractivity contribution in [3.8, 4) is 5.75 Å². The molecule has 0 spiro atoms. The molecule has 2 rings (SSSR count). The summed E-state index contributed by atoms with van der Waals surface area (Å²) in [5.41, 5.74) is 0. The zero-order chi connectivity index (χ0) is 17.0. The van der Waals surface area contributed by atoms with Crippen LogP contribution in [0.4, 0.5) is 0 Å². The fourth-order valence-corrected chi connectivity index (χ4v) is 1.85. The van der Waals surface area contributed by atoms with Gasteiger partial charge >= 0.3 is 0 Å². The first-order chi connectivity index (χ1) is 11.7. The summed E-state index contributed by atoms with van der Waals surface area (Å²) in [7, 11) is 0. The summed E-state index contributed by atoms with van der Waals surface area (Å²) < 4.78 is 10.4. The molecule has 2 aromatic rings. The first kappa shape index (κ1) is 17.3. The number of hydrogen-bond donors (Lipinski definition) is 2. The van der Waals surface area contributed by atoms with Gasteiger partial charge in [-0.3, -0.25) is 9.59 Å². The molecular weight excluding hydrogens is 308 g/mol. The molecule has 24 heavy (non-hydrogen) atoms. The minimum absolute atomic E-state index is 0.0255. The van der Waals surface area contributed by atoms with Crippen LogP contribution in [0.1, 0.15) is 12.2 Å². The lowest BCUT2D eigenvalue weighted by Crippen LogP contribution is -2.32. The van der Waals surface area contributed by atoms with Crippen LogP contribution < -0.4 is 15.4 Å². The molecule has 0 aliphatic rings. The highest BCUT2D eigenvalue weighted by molar-refractivity contribution is 5.91. The summed E-state index contributed by atoms with van der Waals surface area (Å²) in [5, 5.41) is 5.46. The van der Waals surface area contributed by atoms with E-state index in [1.54, 1.807) is 36.6 Å². The van der Waals surface area contributed by atoms with Gasteiger partial charge in [0.2, 0.25) is 5.91 Å². The molecule has 1 aromatic heterocycles. The molecule has 126 valence electrons. The summed E-state index contributed by atoms with van der Waals surface area (Å²) in [6.45, 7) is 0.919. The van der Waals surface area contributed by atoms with Gasteiger partial charge in [-0.15, -0.1) is 0 Å². The Morgan fingerprint density at radius 3 is 2.58 bits per heavy atom. The second-order valence-electron chi connectivity index (χ2n) is 4.95. The van der Waals surface area contributed by atoms with Crippen LogP contribution in [0.15, 0.2) is 59.2 Å². The third-order valence-electron chi connectivity index (χ3n) is 3.03.